The van der Waals surface area contributed by atoms with Crippen LogP contribution >= 0.6 is 0 Å². The molecular weight excluding hydrogens is 468 g/mol. The Kier molecular flexibility index (Phi) is 9.49. The molecular formula is C29H38N4O4. The summed E-state index contributed by atoms with van der Waals surface area (Å²) in [5.41, 5.74) is 6.60. The number of benzene rings is 2. The SMILES string of the molecule is CCN(CCO)c1ccc(N=C2C(O)=CC(=O)C(Nc3ccc(N(CC)CCO)cc3C)=C2C)c(C)c1. The molecule has 0 heterocycles. The summed E-state index contributed by atoms with van der Waals surface area (Å²) in [4.78, 5) is 21.7. The lowest BCUT2D eigenvalue weighted by molar-refractivity contribution is -0.111. The van der Waals surface area contributed by atoms with Gasteiger partial charge < -0.3 is 30.4 Å². The topological polar surface area (TPSA) is 109 Å². The monoisotopic (exact) mass is 506 g/mol. The standard InChI is InChI=1S/C29H38N4O4/c1-6-32(12-14-34)22-8-10-24(19(3)16-22)30-28-21(5)29(27(37)18-26(28)36)31-25-11-9-23(17-20(25)4)33(7-2)13-15-35/h8-11,16-18,30,34-35,37H,6-7,12-15H2,1-5H3. The molecule has 4 N–H and O–H groups in total. The first-order valence-corrected chi connectivity index (χ1v) is 12.7. The summed E-state index contributed by atoms with van der Waals surface area (Å²) in [6, 6.07) is 11.7. The molecule has 1 aliphatic carbocycles. The first-order valence-electron chi connectivity index (χ1n) is 12.7. The maximum atomic E-state index is 12.8. The normalized spacial score (nSPS) is 14.7. The van der Waals surface area contributed by atoms with Crippen LogP contribution in [0, 0.1) is 13.8 Å². The molecule has 37 heavy (non-hydrogen) atoms. The van der Waals surface area contributed by atoms with Gasteiger partial charge in [-0.05, 0) is 82.1 Å². The number of nitrogens with one attached hydrogen (secondary N) is 1. The molecule has 0 radical (unpaired) electrons. The summed E-state index contributed by atoms with van der Waals surface area (Å²) in [5, 5.41) is 32.5. The van der Waals surface area contributed by atoms with Crippen molar-refractivity contribution in [1.82, 2.24) is 0 Å². The highest BCUT2D eigenvalue weighted by Crippen LogP contribution is 2.30. The lowest BCUT2D eigenvalue weighted by Gasteiger charge is -2.24. The number of carbonyl (C=O) groups is 1. The van der Waals surface area contributed by atoms with Crippen LogP contribution in [0.15, 0.2) is 64.5 Å². The molecule has 0 saturated carbocycles. The number of allylic oxidation sites excluding steroid dienone is 2. The van der Waals surface area contributed by atoms with Crippen molar-refractivity contribution >= 4 is 34.2 Å². The van der Waals surface area contributed by atoms with Gasteiger partial charge in [0.15, 0.2) is 0 Å². The molecule has 0 fully saturated rings. The Bertz CT molecular complexity index is 1230. The average molecular weight is 507 g/mol. The number of carbonyl (C=O) groups excluding carboxylic acids is 1. The number of likely N-dealkylation sites (N-methyl/N-ethyl adjacent to an activating group) is 2. The van der Waals surface area contributed by atoms with E-state index in [1.807, 2.05) is 64.1 Å². The second-order valence-electron chi connectivity index (χ2n) is 9.06. The number of rotatable bonds is 11. The molecule has 0 bridgehead atoms. The van der Waals surface area contributed by atoms with Gasteiger partial charge in [0, 0.05) is 54.9 Å². The lowest BCUT2D eigenvalue weighted by atomic mass is 9.98. The predicted molar refractivity (Wildman–Crippen MR) is 151 cm³/mol. The number of aryl methyl sites for hydroxylation is 2. The van der Waals surface area contributed by atoms with Gasteiger partial charge in [-0.1, -0.05) is 0 Å². The fourth-order valence-electron chi connectivity index (χ4n) is 4.44. The van der Waals surface area contributed by atoms with Crippen molar-refractivity contribution in [2.45, 2.75) is 34.6 Å². The molecule has 0 spiro atoms. The summed E-state index contributed by atoms with van der Waals surface area (Å²) in [5.74, 6) is -0.482. The van der Waals surface area contributed by atoms with E-state index in [9.17, 15) is 20.1 Å². The molecule has 2 aromatic carbocycles. The Balaban J connectivity index is 1.94. The second kappa shape index (κ2) is 12.6. The Hall–Kier alpha value is -3.62. The maximum Gasteiger partial charge on any atom is 0.206 e. The Morgan fingerprint density at radius 1 is 0.865 bits per heavy atom. The third kappa shape index (κ3) is 6.39. The molecule has 8 heteroatoms. The van der Waals surface area contributed by atoms with Crippen molar-refractivity contribution in [3.8, 4) is 0 Å². The van der Waals surface area contributed by atoms with E-state index in [-0.39, 0.29) is 24.8 Å². The number of aliphatic imine (C=N–C) groups is 1. The van der Waals surface area contributed by atoms with E-state index < -0.39 is 0 Å². The number of aliphatic hydroxyl groups is 3. The van der Waals surface area contributed by atoms with Crippen LogP contribution in [-0.2, 0) is 4.79 Å². The first-order chi connectivity index (χ1) is 17.7. The van der Waals surface area contributed by atoms with Crippen LogP contribution in [0.3, 0.4) is 0 Å². The third-order valence-electron chi connectivity index (χ3n) is 6.60. The van der Waals surface area contributed by atoms with E-state index in [1.54, 1.807) is 6.92 Å². The molecule has 198 valence electrons. The Morgan fingerprint density at radius 2 is 1.43 bits per heavy atom. The van der Waals surface area contributed by atoms with Gasteiger partial charge in [-0.2, -0.15) is 0 Å². The van der Waals surface area contributed by atoms with Crippen LogP contribution in [0.25, 0.3) is 0 Å². The fourth-order valence-corrected chi connectivity index (χ4v) is 4.44. The fraction of sp³-hybridized carbons (Fsp3) is 0.379. The zero-order valence-corrected chi connectivity index (χ0v) is 22.4. The molecule has 1 aliphatic rings. The molecule has 2 aromatic rings. The summed E-state index contributed by atoms with van der Waals surface area (Å²) < 4.78 is 0. The van der Waals surface area contributed by atoms with E-state index in [4.69, 9.17) is 4.99 Å². The van der Waals surface area contributed by atoms with Crippen molar-refractivity contribution in [3.05, 3.63) is 70.6 Å². The number of anilines is 3. The summed E-state index contributed by atoms with van der Waals surface area (Å²) in [6.45, 7) is 12.6. The van der Waals surface area contributed by atoms with Crippen LogP contribution in [0.2, 0.25) is 0 Å². The number of hydrogen-bond acceptors (Lipinski definition) is 8. The molecule has 0 aromatic heterocycles. The minimum Gasteiger partial charge on any atom is -0.506 e. The molecule has 3 rings (SSSR count). The number of nitrogens with zero attached hydrogens (tertiary/aromatic N) is 3. The van der Waals surface area contributed by atoms with E-state index >= 15 is 0 Å². The highest BCUT2D eigenvalue weighted by atomic mass is 16.3. The predicted octanol–water partition coefficient (Wildman–Crippen LogP) is 4.42. The zero-order chi connectivity index (χ0) is 27.1. The van der Waals surface area contributed by atoms with Crippen molar-refractivity contribution in [3.63, 3.8) is 0 Å². The minimum absolute atomic E-state index is 0.0745. The Morgan fingerprint density at radius 3 is 1.95 bits per heavy atom. The van der Waals surface area contributed by atoms with E-state index in [0.717, 1.165) is 41.3 Å². The molecule has 0 saturated heterocycles. The van der Waals surface area contributed by atoms with Gasteiger partial charge >= 0.3 is 0 Å². The van der Waals surface area contributed by atoms with Crippen molar-refractivity contribution in [1.29, 1.82) is 0 Å². The summed E-state index contributed by atoms with van der Waals surface area (Å²) in [6.07, 6.45) is 1.20. The molecule has 0 aliphatic heterocycles. The zero-order valence-electron chi connectivity index (χ0n) is 22.4. The van der Waals surface area contributed by atoms with Gasteiger partial charge in [0.2, 0.25) is 5.78 Å². The number of hydrogen-bond donors (Lipinski definition) is 4. The Labute approximate surface area is 219 Å². The van der Waals surface area contributed by atoms with Crippen molar-refractivity contribution in [2.75, 3.05) is 54.5 Å². The number of ketones is 1. The molecule has 0 atom stereocenters. The van der Waals surface area contributed by atoms with Crippen molar-refractivity contribution in [2.24, 2.45) is 4.99 Å². The lowest BCUT2D eigenvalue weighted by Crippen LogP contribution is -2.26. The molecule has 0 amide bonds. The van der Waals surface area contributed by atoms with Gasteiger partial charge in [0.25, 0.3) is 0 Å². The highest BCUT2D eigenvalue weighted by molar-refractivity contribution is 6.25. The van der Waals surface area contributed by atoms with Crippen LogP contribution in [-0.4, -0.2) is 66.2 Å². The van der Waals surface area contributed by atoms with Crippen LogP contribution in [0.4, 0.5) is 22.7 Å². The molecule has 0 unspecified atom stereocenters. The van der Waals surface area contributed by atoms with Crippen LogP contribution in [0.1, 0.15) is 31.9 Å². The summed E-state index contributed by atoms with van der Waals surface area (Å²) >= 11 is 0. The van der Waals surface area contributed by atoms with E-state index in [0.29, 0.717) is 35.8 Å². The minimum atomic E-state index is -0.317. The number of aliphatic hydroxyl groups excluding tert-OH is 3. The third-order valence-corrected chi connectivity index (χ3v) is 6.60. The summed E-state index contributed by atoms with van der Waals surface area (Å²) in [7, 11) is 0. The first kappa shape index (κ1) is 28.0. The van der Waals surface area contributed by atoms with Gasteiger partial charge in [0.05, 0.1) is 24.6 Å². The van der Waals surface area contributed by atoms with Crippen LogP contribution in [0.5, 0.6) is 0 Å². The maximum absolute atomic E-state index is 12.8. The second-order valence-corrected chi connectivity index (χ2v) is 9.06. The largest absolute Gasteiger partial charge is 0.506 e. The van der Waals surface area contributed by atoms with Gasteiger partial charge in [0.1, 0.15) is 11.5 Å². The van der Waals surface area contributed by atoms with E-state index in [2.05, 4.69) is 15.1 Å². The average Bonchev–Trinajstić information content (AvgIpc) is 2.87. The highest BCUT2D eigenvalue weighted by Gasteiger charge is 2.25. The quantitative estimate of drug-likeness (QED) is 0.334. The van der Waals surface area contributed by atoms with Gasteiger partial charge in [-0.25, -0.2) is 4.99 Å². The molecule has 8 nitrogen and oxygen atoms in total. The smallest absolute Gasteiger partial charge is 0.206 e. The van der Waals surface area contributed by atoms with Gasteiger partial charge in [-0.3, -0.25) is 4.79 Å². The van der Waals surface area contributed by atoms with Crippen LogP contribution < -0.4 is 15.1 Å². The van der Waals surface area contributed by atoms with E-state index in [1.165, 1.54) is 6.08 Å². The van der Waals surface area contributed by atoms with Gasteiger partial charge in [-0.15, -0.1) is 0 Å². The van der Waals surface area contributed by atoms with Crippen molar-refractivity contribution < 1.29 is 20.1 Å².